The van der Waals surface area contributed by atoms with Crippen LogP contribution in [-0.4, -0.2) is 31.1 Å². The molecule has 0 bridgehead atoms. The molecule has 0 saturated carbocycles. The molecular formula is C18H20N3O2+. The van der Waals surface area contributed by atoms with E-state index in [1.807, 2.05) is 30.6 Å². The van der Waals surface area contributed by atoms with Crippen molar-refractivity contribution >= 4 is 12.0 Å². The third-order valence-corrected chi connectivity index (χ3v) is 4.24. The molecule has 5 heteroatoms. The van der Waals surface area contributed by atoms with Crippen LogP contribution in [0, 0.1) is 0 Å². The van der Waals surface area contributed by atoms with Crippen LogP contribution < -0.4 is 19.4 Å². The monoisotopic (exact) mass is 310 g/mol. The van der Waals surface area contributed by atoms with E-state index in [1.165, 1.54) is 12.8 Å². The lowest BCUT2D eigenvalue weighted by molar-refractivity contribution is -0.469. The smallest absolute Gasteiger partial charge is 0.231 e. The molecule has 2 aromatic rings. The van der Waals surface area contributed by atoms with Crippen molar-refractivity contribution in [2.24, 2.45) is 0 Å². The van der Waals surface area contributed by atoms with Crippen LogP contribution in [0.3, 0.4) is 0 Å². The molecule has 0 amide bonds. The predicted octanol–water partition coefficient (Wildman–Crippen LogP) is 1.11. The van der Waals surface area contributed by atoms with E-state index in [4.69, 9.17) is 9.47 Å². The van der Waals surface area contributed by atoms with E-state index in [-0.39, 0.29) is 0 Å². The summed E-state index contributed by atoms with van der Waals surface area (Å²) in [5, 5.41) is 0. The largest absolute Gasteiger partial charge is 0.454 e. The summed E-state index contributed by atoms with van der Waals surface area (Å²) in [4.78, 5) is 10.2. The highest BCUT2D eigenvalue weighted by molar-refractivity contribution is 5.74. The van der Waals surface area contributed by atoms with Gasteiger partial charge in [-0.2, -0.15) is 0 Å². The molecule has 1 fully saturated rings. The zero-order chi connectivity index (χ0) is 15.5. The van der Waals surface area contributed by atoms with Crippen LogP contribution in [0.5, 0.6) is 11.5 Å². The number of nitrogens with zero attached hydrogens (tertiary/aromatic N) is 2. The quantitative estimate of drug-likeness (QED) is 0.860. The van der Waals surface area contributed by atoms with Crippen molar-refractivity contribution in [3.8, 4) is 11.5 Å². The molecule has 4 rings (SSSR count). The lowest BCUT2D eigenvalue weighted by atomic mass is 10.2. The standard InChI is InChI=1S/C18H19N3O2/c1-2-9-21(8-1)17-7-6-14(11-20-17)10-19-12-15-4-3-5-16-18(15)23-13-22-16/h3-7,10-11H,1-2,8-9,12-13H2/p+1. The van der Waals surface area contributed by atoms with Gasteiger partial charge >= 0.3 is 0 Å². The number of nitrogens with one attached hydrogen (secondary N) is 1. The number of rotatable bonds is 4. The maximum atomic E-state index is 5.51. The molecule has 5 nitrogen and oxygen atoms in total. The number of aromatic nitrogens is 1. The molecule has 118 valence electrons. The van der Waals surface area contributed by atoms with Gasteiger partial charge in [-0.3, -0.25) is 0 Å². The maximum Gasteiger partial charge on any atom is 0.231 e. The number of benzene rings is 1. The van der Waals surface area contributed by atoms with Gasteiger partial charge in [0.05, 0.1) is 11.1 Å². The molecule has 1 aromatic carbocycles. The van der Waals surface area contributed by atoms with Gasteiger partial charge < -0.3 is 14.4 Å². The van der Waals surface area contributed by atoms with Crippen LogP contribution in [0.25, 0.3) is 0 Å². The van der Waals surface area contributed by atoms with E-state index >= 15 is 0 Å². The van der Waals surface area contributed by atoms with Crippen LogP contribution in [0.4, 0.5) is 5.82 Å². The first-order valence-corrected chi connectivity index (χ1v) is 8.05. The first-order valence-electron chi connectivity index (χ1n) is 8.05. The Morgan fingerprint density at radius 3 is 2.87 bits per heavy atom. The first-order chi connectivity index (χ1) is 11.4. The topological polar surface area (TPSA) is 48.6 Å². The minimum absolute atomic E-state index is 0.304. The zero-order valence-electron chi connectivity index (χ0n) is 13.0. The van der Waals surface area contributed by atoms with E-state index in [0.29, 0.717) is 13.3 Å². The molecule has 2 aliphatic rings. The van der Waals surface area contributed by atoms with Gasteiger partial charge in [0.25, 0.3) is 0 Å². The summed E-state index contributed by atoms with van der Waals surface area (Å²) in [6, 6.07) is 10.1. The van der Waals surface area contributed by atoms with Gasteiger partial charge in [-0.15, -0.1) is 0 Å². The van der Waals surface area contributed by atoms with Gasteiger partial charge in [0, 0.05) is 19.3 Å². The average molecular weight is 310 g/mol. The number of pyridine rings is 1. The van der Waals surface area contributed by atoms with Crippen LogP contribution in [0.2, 0.25) is 0 Å². The Bertz CT molecular complexity index is 707. The summed E-state index contributed by atoms with van der Waals surface area (Å²) < 4.78 is 10.9. The van der Waals surface area contributed by atoms with Crippen LogP contribution in [-0.2, 0) is 6.54 Å². The fraction of sp³-hybridized carbons (Fsp3) is 0.333. The van der Waals surface area contributed by atoms with Crippen LogP contribution in [0.15, 0.2) is 36.5 Å². The number of anilines is 1. The van der Waals surface area contributed by atoms with Crippen molar-refractivity contribution in [2.45, 2.75) is 19.4 Å². The lowest BCUT2D eigenvalue weighted by Gasteiger charge is -2.15. The molecule has 1 aromatic heterocycles. The van der Waals surface area contributed by atoms with Crippen molar-refractivity contribution in [1.29, 1.82) is 0 Å². The van der Waals surface area contributed by atoms with E-state index in [0.717, 1.165) is 41.5 Å². The molecule has 0 aliphatic carbocycles. The van der Waals surface area contributed by atoms with E-state index in [9.17, 15) is 0 Å². The normalized spacial score (nSPS) is 16.4. The van der Waals surface area contributed by atoms with Crippen LogP contribution >= 0.6 is 0 Å². The minimum atomic E-state index is 0.304. The second kappa shape index (κ2) is 6.28. The van der Waals surface area contributed by atoms with Gasteiger partial charge in [0.2, 0.25) is 6.79 Å². The predicted molar refractivity (Wildman–Crippen MR) is 88.1 cm³/mol. The number of hydrogen-bond donors (Lipinski definition) is 1. The van der Waals surface area contributed by atoms with Gasteiger partial charge in [0.15, 0.2) is 24.3 Å². The van der Waals surface area contributed by atoms with Gasteiger partial charge in [0.1, 0.15) is 5.82 Å². The summed E-state index contributed by atoms with van der Waals surface area (Å²) in [6.07, 6.45) is 6.43. The first kappa shape index (κ1) is 14.1. The molecule has 1 N–H and O–H groups in total. The Morgan fingerprint density at radius 2 is 2.04 bits per heavy atom. The molecule has 0 radical (unpaired) electrons. The van der Waals surface area contributed by atoms with E-state index in [1.54, 1.807) is 0 Å². The highest BCUT2D eigenvalue weighted by atomic mass is 16.7. The summed E-state index contributed by atoms with van der Waals surface area (Å²) in [5.74, 6) is 2.74. The molecule has 2 aliphatic heterocycles. The fourth-order valence-corrected chi connectivity index (χ4v) is 3.02. The van der Waals surface area contributed by atoms with E-state index < -0.39 is 0 Å². The third-order valence-electron chi connectivity index (χ3n) is 4.24. The van der Waals surface area contributed by atoms with Crippen LogP contribution in [0.1, 0.15) is 24.0 Å². The SMILES string of the molecule is C(=[NH+]Cc1cccc2c1OCO2)c1ccc(N2CCCC2)nc1. The Morgan fingerprint density at radius 1 is 1.13 bits per heavy atom. The molecule has 23 heavy (non-hydrogen) atoms. The summed E-state index contributed by atoms with van der Waals surface area (Å²) in [7, 11) is 0. The summed E-state index contributed by atoms with van der Waals surface area (Å²) >= 11 is 0. The Kier molecular flexibility index (Phi) is 3.84. The van der Waals surface area contributed by atoms with Gasteiger partial charge in [-0.05, 0) is 37.1 Å². The minimum Gasteiger partial charge on any atom is -0.454 e. The second-order valence-electron chi connectivity index (χ2n) is 5.82. The number of para-hydroxylation sites is 1. The highest BCUT2D eigenvalue weighted by Crippen LogP contribution is 2.34. The molecule has 3 heterocycles. The molecule has 0 unspecified atom stereocenters. The average Bonchev–Trinajstić information content (AvgIpc) is 3.27. The van der Waals surface area contributed by atoms with Gasteiger partial charge in [-0.1, -0.05) is 6.07 Å². The van der Waals surface area contributed by atoms with Gasteiger partial charge in [-0.25, -0.2) is 9.98 Å². The number of fused-ring (bicyclic) bond motifs is 1. The fourth-order valence-electron chi connectivity index (χ4n) is 3.02. The van der Waals surface area contributed by atoms with E-state index in [2.05, 4.69) is 27.0 Å². The zero-order valence-corrected chi connectivity index (χ0v) is 13.0. The summed E-state index contributed by atoms with van der Waals surface area (Å²) in [5.41, 5.74) is 2.16. The molecule has 0 atom stereocenters. The molecule has 0 spiro atoms. The van der Waals surface area contributed by atoms with Crippen molar-refractivity contribution in [2.75, 3.05) is 24.8 Å². The van der Waals surface area contributed by atoms with Crippen molar-refractivity contribution in [3.63, 3.8) is 0 Å². The second-order valence-corrected chi connectivity index (χ2v) is 5.82. The summed E-state index contributed by atoms with van der Waals surface area (Å²) in [6.45, 7) is 3.24. The lowest BCUT2D eigenvalue weighted by Crippen LogP contribution is -2.67. The van der Waals surface area contributed by atoms with Crippen molar-refractivity contribution in [3.05, 3.63) is 47.7 Å². The highest BCUT2D eigenvalue weighted by Gasteiger charge is 2.18. The molecule has 1 saturated heterocycles. The maximum absolute atomic E-state index is 5.51. The Hall–Kier alpha value is -2.56. The van der Waals surface area contributed by atoms with Crippen molar-refractivity contribution in [1.82, 2.24) is 4.98 Å². The third kappa shape index (κ3) is 2.99. The molecular weight excluding hydrogens is 290 g/mol. The number of ether oxygens (including phenoxy) is 2. The Labute approximate surface area is 135 Å². The number of hydrogen-bond acceptors (Lipinski definition) is 4. The Balaban J connectivity index is 1.42. The van der Waals surface area contributed by atoms with Crippen molar-refractivity contribution < 1.29 is 14.5 Å².